The van der Waals surface area contributed by atoms with Gasteiger partial charge in [0.1, 0.15) is 9.39 Å². The monoisotopic (exact) mass is 335 g/mol. The maximum Gasteiger partial charge on any atom is 0.266 e. The van der Waals surface area contributed by atoms with Gasteiger partial charge in [-0.25, -0.2) is 4.98 Å². The number of nitrogens with one attached hydrogen (secondary N) is 1. The third-order valence-corrected chi connectivity index (χ3v) is 3.83. The van der Waals surface area contributed by atoms with E-state index < -0.39 is 0 Å². The Bertz CT molecular complexity index is 413. The van der Waals surface area contributed by atoms with E-state index in [0.29, 0.717) is 9.67 Å². The lowest BCUT2D eigenvalue weighted by Gasteiger charge is -2.32. The maximum absolute atomic E-state index is 11.4. The zero-order valence-electron chi connectivity index (χ0n) is 9.07. The highest BCUT2D eigenvalue weighted by Crippen LogP contribution is 2.21. The molecule has 1 N–H and O–H groups in total. The van der Waals surface area contributed by atoms with Crippen LogP contribution in [-0.2, 0) is 4.74 Å². The zero-order chi connectivity index (χ0) is 11.5. The molecule has 0 amide bonds. The molecule has 5 nitrogen and oxygen atoms in total. The Morgan fingerprint density at radius 3 is 2.88 bits per heavy atom. The molecule has 1 aliphatic heterocycles. The summed E-state index contributed by atoms with van der Waals surface area (Å²) in [4.78, 5) is 20.4. The maximum atomic E-state index is 11.4. The van der Waals surface area contributed by atoms with Gasteiger partial charge in [-0.15, -0.1) is 0 Å². The number of anilines is 1. The third-order valence-electron chi connectivity index (χ3n) is 2.85. The molecule has 1 aromatic rings. The molecule has 16 heavy (non-hydrogen) atoms. The minimum Gasteiger partial charge on any atom is -0.381 e. The first-order valence-electron chi connectivity index (χ1n) is 5.23. The summed E-state index contributed by atoms with van der Waals surface area (Å²) in [6, 6.07) is 0. The summed E-state index contributed by atoms with van der Waals surface area (Å²) in [5.41, 5.74) is -0.0699. The molecule has 1 aliphatic rings. The zero-order valence-corrected chi connectivity index (χ0v) is 11.2. The van der Waals surface area contributed by atoms with Crippen LogP contribution in [0.25, 0.3) is 0 Å². The van der Waals surface area contributed by atoms with Gasteiger partial charge < -0.3 is 14.6 Å². The lowest BCUT2D eigenvalue weighted by Crippen LogP contribution is -2.38. The molecule has 1 fully saturated rings. The van der Waals surface area contributed by atoms with Crippen molar-refractivity contribution < 1.29 is 4.74 Å². The first-order valence-corrected chi connectivity index (χ1v) is 6.31. The SMILES string of the molecule is COC1CCN(c2nc[nH]c(=O)c2I)CC1. The van der Waals surface area contributed by atoms with Gasteiger partial charge in [0.2, 0.25) is 0 Å². The molecule has 0 atom stereocenters. The average molecular weight is 335 g/mol. The number of rotatable bonds is 2. The Balaban J connectivity index is 2.14. The molecular formula is C10H14IN3O2. The molecule has 0 radical (unpaired) electrons. The second kappa shape index (κ2) is 5.13. The molecule has 0 bridgehead atoms. The number of hydrogen-bond acceptors (Lipinski definition) is 4. The van der Waals surface area contributed by atoms with Gasteiger partial charge >= 0.3 is 0 Å². The van der Waals surface area contributed by atoms with Crippen molar-refractivity contribution in [2.75, 3.05) is 25.1 Å². The fourth-order valence-electron chi connectivity index (χ4n) is 1.90. The number of piperidine rings is 1. The Kier molecular flexibility index (Phi) is 3.80. The van der Waals surface area contributed by atoms with E-state index in [1.54, 1.807) is 7.11 Å². The van der Waals surface area contributed by atoms with E-state index in [4.69, 9.17) is 4.74 Å². The van der Waals surface area contributed by atoms with Crippen molar-refractivity contribution in [2.45, 2.75) is 18.9 Å². The van der Waals surface area contributed by atoms with Gasteiger partial charge in [0.25, 0.3) is 5.56 Å². The predicted octanol–water partition coefficient (Wildman–Crippen LogP) is 0.990. The fourth-order valence-corrected chi connectivity index (χ4v) is 2.53. The van der Waals surface area contributed by atoms with Crippen LogP contribution >= 0.6 is 22.6 Å². The molecule has 6 heteroatoms. The lowest BCUT2D eigenvalue weighted by atomic mass is 10.1. The molecule has 0 aromatic carbocycles. The number of aromatic nitrogens is 2. The van der Waals surface area contributed by atoms with E-state index in [9.17, 15) is 4.79 Å². The van der Waals surface area contributed by atoms with E-state index in [-0.39, 0.29) is 5.56 Å². The molecule has 0 saturated carbocycles. The number of aromatic amines is 1. The summed E-state index contributed by atoms with van der Waals surface area (Å²) in [6.07, 6.45) is 3.78. The van der Waals surface area contributed by atoms with Gasteiger partial charge in [-0.05, 0) is 35.4 Å². The third kappa shape index (κ3) is 2.37. The molecule has 1 saturated heterocycles. The minimum atomic E-state index is -0.0699. The van der Waals surface area contributed by atoms with Crippen molar-refractivity contribution >= 4 is 28.4 Å². The van der Waals surface area contributed by atoms with Crippen molar-refractivity contribution in [2.24, 2.45) is 0 Å². The summed E-state index contributed by atoms with van der Waals surface area (Å²) in [5, 5.41) is 0. The van der Waals surface area contributed by atoms with Crippen LogP contribution in [0.15, 0.2) is 11.1 Å². The summed E-state index contributed by atoms with van der Waals surface area (Å²) in [7, 11) is 1.75. The number of H-pyrrole nitrogens is 1. The van der Waals surface area contributed by atoms with Crippen LogP contribution in [0.2, 0.25) is 0 Å². The Hall–Kier alpha value is -0.630. The number of halogens is 1. The Labute approximate surface area is 107 Å². The number of methoxy groups -OCH3 is 1. The van der Waals surface area contributed by atoms with Crippen LogP contribution in [0.3, 0.4) is 0 Å². The van der Waals surface area contributed by atoms with Gasteiger partial charge in [-0.1, -0.05) is 0 Å². The first-order chi connectivity index (χ1) is 7.72. The molecule has 0 aliphatic carbocycles. The summed E-state index contributed by atoms with van der Waals surface area (Å²) >= 11 is 2.04. The van der Waals surface area contributed by atoms with Gasteiger partial charge in [0.15, 0.2) is 0 Å². The van der Waals surface area contributed by atoms with E-state index in [1.807, 2.05) is 22.6 Å². The second-order valence-electron chi connectivity index (χ2n) is 3.79. The second-order valence-corrected chi connectivity index (χ2v) is 4.87. The Morgan fingerprint density at radius 1 is 1.56 bits per heavy atom. The summed E-state index contributed by atoms with van der Waals surface area (Å²) in [5.74, 6) is 0.791. The number of nitrogens with zero attached hydrogens (tertiary/aromatic N) is 2. The van der Waals surface area contributed by atoms with E-state index in [0.717, 1.165) is 31.7 Å². The predicted molar refractivity (Wildman–Crippen MR) is 69.8 cm³/mol. The average Bonchev–Trinajstić information content (AvgIpc) is 2.33. The van der Waals surface area contributed by atoms with Gasteiger partial charge in [-0.3, -0.25) is 4.79 Å². The van der Waals surface area contributed by atoms with Crippen LogP contribution in [0.5, 0.6) is 0 Å². The van der Waals surface area contributed by atoms with Crippen molar-refractivity contribution in [3.63, 3.8) is 0 Å². The number of ether oxygens (including phenoxy) is 1. The quantitative estimate of drug-likeness (QED) is 0.819. The number of hydrogen-bond donors (Lipinski definition) is 1. The van der Waals surface area contributed by atoms with E-state index >= 15 is 0 Å². The molecular weight excluding hydrogens is 321 g/mol. The van der Waals surface area contributed by atoms with Gasteiger partial charge in [0, 0.05) is 20.2 Å². The topological polar surface area (TPSA) is 58.2 Å². The highest BCUT2D eigenvalue weighted by molar-refractivity contribution is 14.1. The van der Waals surface area contributed by atoms with Crippen molar-refractivity contribution in [1.82, 2.24) is 9.97 Å². The van der Waals surface area contributed by atoms with Crippen molar-refractivity contribution in [3.05, 3.63) is 20.3 Å². The summed E-state index contributed by atoms with van der Waals surface area (Å²) in [6.45, 7) is 1.79. The van der Waals surface area contributed by atoms with Crippen LogP contribution in [0.4, 0.5) is 5.82 Å². The highest BCUT2D eigenvalue weighted by Gasteiger charge is 2.21. The fraction of sp³-hybridized carbons (Fsp3) is 0.600. The van der Waals surface area contributed by atoms with Crippen LogP contribution in [-0.4, -0.2) is 36.3 Å². The molecule has 0 unspecified atom stereocenters. The first kappa shape index (κ1) is 11.8. The Morgan fingerprint density at radius 2 is 2.25 bits per heavy atom. The standard InChI is InChI=1S/C10H14IN3O2/c1-16-7-2-4-14(5-3-7)9-8(11)10(15)13-6-12-9/h6-7H,2-5H2,1H3,(H,12,13,15). The summed E-state index contributed by atoms with van der Waals surface area (Å²) < 4.78 is 5.98. The molecule has 1 aromatic heterocycles. The van der Waals surface area contributed by atoms with Crippen molar-refractivity contribution in [1.29, 1.82) is 0 Å². The largest absolute Gasteiger partial charge is 0.381 e. The molecule has 2 rings (SSSR count). The van der Waals surface area contributed by atoms with Crippen LogP contribution in [0.1, 0.15) is 12.8 Å². The smallest absolute Gasteiger partial charge is 0.266 e. The highest BCUT2D eigenvalue weighted by atomic mass is 127. The van der Waals surface area contributed by atoms with Crippen LogP contribution in [0, 0.1) is 3.57 Å². The van der Waals surface area contributed by atoms with Crippen LogP contribution < -0.4 is 10.5 Å². The van der Waals surface area contributed by atoms with E-state index in [1.165, 1.54) is 6.33 Å². The molecule has 2 heterocycles. The minimum absolute atomic E-state index is 0.0699. The van der Waals surface area contributed by atoms with Crippen molar-refractivity contribution in [3.8, 4) is 0 Å². The van der Waals surface area contributed by atoms with Gasteiger partial charge in [-0.2, -0.15) is 0 Å². The molecule has 88 valence electrons. The van der Waals surface area contributed by atoms with Gasteiger partial charge in [0.05, 0.1) is 12.4 Å². The molecule has 0 spiro atoms. The lowest BCUT2D eigenvalue weighted by molar-refractivity contribution is 0.0817. The normalized spacial score (nSPS) is 17.8. The van der Waals surface area contributed by atoms with E-state index in [2.05, 4.69) is 14.9 Å².